The molecule has 9 rings (SSSR count). The fraction of sp³-hybridized carbons (Fsp3) is 0.211. The Morgan fingerprint density at radius 1 is 0.650 bits per heavy atom. The van der Waals surface area contributed by atoms with Crippen molar-refractivity contribution in [1.29, 1.82) is 0 Å². The average Bonchev–Trinajstić information content (AvgIpc) is 3.01. The van der Waals surface area contributed by atoms with Crippen LogP contribution in [0.15, 0.2) is 122 Å². The van der Waals surface area contributed by atoms with Gasteiger partial charge in [0.1, 0.15) is 0 Å². The second-order valence-corrected chi connectivity index (χ2v) is 11.9. The van der Waals surface area contributed by atoms with Gasteiger partial charge in [-0.1, -0.05) is 86.6 Å². The summed E-state index contributed by atoms with van der Waals surface area (Å²) in [4.78, 5) is 0. The number of hydrogen-bond donors (Lipinski definition) is 0. The lowest BCUT2D eigenvalue weighted by Gasteiger charge is -2.65. The highest BCUT2D eigenvalue weighted by Gasteiger charge is 2.85. The van der Waals surface area contributed by atoms with Gasteiger partial charge in [0.05, 0.1) is 27.8 Å². The van der Waals surface area contributed by atoms with Crippen molar-refractivity contribution in [1.82, 2.24) is 0 Å². The molecular formula is C38H32N2+2. The van der Waals surface area contributed by atoms with E-state index in [0.29, 0.717) is 12.0 Å². The summed E-state index contributed by atoms with van der Waals surface area (Å²) in [6.45, 7) is 4.87. The number of nitrogens with zero attached hydrogens (tertiary/aromatic N) is 2. The lowest BCUT2D eigenvalue weighted by molar-refractivity contribution is -0.877. The van der Waals surface area contributed by atoms with E-state index in [4.69, 9.17) is 0 Å². The molecule has 1 saturated carbocycles. The number of hydrogen-bond acceptors (Lipinski definition) is 0. The highest BCUT2D eigenvalue weighted by atomic mass is 15.2. The minimum absolute atomic E-state index is 0.0269. The van der Waals surface area contributed by atoms with Crippen LogP contribution >= 0.6 is 0 Å². The fourth-order valence-corrected chi connectivity index (χ4v) is 9.63. The molecule has 4 unspecified atom stereocenters. The van der Waals surface area contributed by atoms with Gasteiger partial charge in [-0.05, 0) is 51.9 Å². The molecular weight excluding hydrogens is 484 g/mol. The fourth-order valence-electron chi connectivity index (χ4n) is 9.63. The number of fused-ring (bicyclic) bond motifs is 18. The summed E-state index contributed by atoms with van der Waals surface area (Å²) in [6.07, 6.45) is 6.93. The van der Waals surface area contributed by atoms with Gasteiger partial charge >= 0.3 is 0 Å². The summed E-state index contributed by atoms with van der Waals surface area (Å²) in [7, 11) is 0. The van der Waals surface area contributed by atoms with Crippen LogP contribution in [0.3, 0.4) is 0 Å². The van der Waals surface area contributed by atoms with Gasteiger partial charge in [-0.3, -0.25) is 0 Å². The van der Waals surface area contributed by atoms with Crippen LogP contribution in [0.1, 0.15) is 49.8 Å². The predicted octanol–water partition coefficient (Wildman–Crippen LogP) is 8.02. The van der Waals surface area contributed by atoms with Crippen LogP contribution in [0.5, 0.6) is 0 Å². The van der Waals surface area contributed by atoms with Crippen LogP contribution in [-0.4, -0.2) is 0 Å². The Kier molecular flexibility index (Phi) is 4.31. The van der Waals surface area contributed by atoms with Gasteiger partial charge in [-0.15, -0.1) is 0 Å². The molecule has 2 aromatic heterocycles. The van der Waals surface area contributed by atoms with Gasteiger partial charge in [0.25, 0.3) is 0 Å². The minimum atomic E-state index is -0.0930. The Morgan fingerprint density at radius 3 is 2.20 bits per heavy atom. The maximum absolute atomic E-state index is 2.72. The first-order valence-corrected chi connectivity index (χ1v) is 14.8. The molecule has 0 saturated heterocycles. The molecule has 4 aromatic carbocycles. The first-order valence-electron chi connectivity index (χ1n) is 14.8. The molecule has 2 nitrogen and oxygen atoms in total. The van der Waals surface area contributed by atoms with Crippen molar-refractivity contribution in [2.24, 2.45) is 0 Å². The van der Waals surface area contributed by atoms with Gasteiger partial charge in [0.15, 0.2) is 12.4 Å². The lowest BCUT2D eigenvalue weighted by Crippen LogP contribution is -2.87. The molecule has 6 aromatic rings. The highest BCUT2D eigenvalue weighted by molar-refractivity contribution is 5.98. The Morgan fingerprint density at radius 2 is 1.38 bits per heavy atom. The average molecular weight is 517 g/mol. The molecule has 192 valence electrons. The molecule has 0 amide bonds. The van der Waals surface area contributed by atoms with Crippen LogP contribution in [0, 0.1) is 0 Å². The summed E-state index contributed by atoms with van der Waals surface area (Å²) in [5.74, 6) is 0.380. The zero-order chi connectivity index (χ0) is 26.6. The van der Waals surface area contributed by atoms with Crippen LogP contribution in [-0.2, 0) is 11.0 Å². The second kappa shape index (κ2) is 7.67. The molecule has 0 spiro atoms. The molecule has 0 N–H and O–H groups in total. The summed E-state index contributed by atoms with van der Waals surface area (Å²) >= 11 is 0. The predicted molar refractivity (Wildman–Crippen MR) is 161 cm³/mol. The maximum Gasteiger partial charge on any atom is 0.239 e. The van der Waals surface area contributed by atoms with E-state index in [1.165, 1.54) is 55.2 Å². The van der Waals surface area contributed by atoms with Gasteiger partial charge in [-0.25, -0.2) is 0 Å². The van der Waals surface area contributed by atoms with Crippen molar-refractivity contribution in [3.8, 4) is 22.5 Å². The van der Waals surface area contributed by atoms with Crippen molar-refractivity contribution in [3.63, 3.8) is 0 Å². The van der Waals surface area contributed by atoms with E-state index in [1.54, 1.807) is 0 Å². The van der Waals surface area contributed by atoms with E-state index in [9.17, 15) is 0 Å². The van der Waals surface area contributed by atoms with Gasteiger partial charge in [-0.2, -0.15) is 9.13 Å². The molecule has 4 atom stereocenters. The van der Waals surface area contributed by atoms with Crippen molar-refractivity contribution in [3.05, 3.63) is 133 Å². The molecule has 0 radical (unpaired) electrons. The molecule has 3 aliphatic rings. The van der Waals surface area contributed by atoms with Gasteiger partial charge in [0.2, 0.25) is 23.0 Å². The van der Waals surface area contributed by atoms with E-state index in [1.807, 2.05) is 0 Å². The largest absolute Gasteiger partial charge is 0.239 e. The third-order valence-electron chi connectivity index (χ3n) is 10.9. The zero-order valence-corrected chi connectivity index (χ0v) is 23.0. The Balaban J connectivity index is 1.46. The van der Waals surface area contributed by atoms with E-state index in [0.717, 1.165) is 12.8 Å². The summed E-state index contributed by atoms with van der Waals surface area (Å²) in [5, 5.41) is 5.33. The highest BCUT2D eigenvalue weighted by Crippen LogP contribution is 2.73. The molecule has 2 heteroatoms. The van der Waals surface area contributed by atoms with Gasteiger partial charge in [0, 0.05) is 24.6 Å². The topological polar surface area (TPSA) is 7.76 Å². The number of benzene rings is 4. The van der Waals surface area contributed by atoms with Gasteiger partial charge < -0.3 is 0 Å². The zero-order valence-electron chi connectivity index (χ0n) is 23.0. The summed E-state index contributed by atoms with van der Waals surface area (Å²) < 4.78 is 5.37. The molecule has 2 aliphatic heterocycles. The molecule has 0 bridgehead atoms. The smallest absolute Gasteiger partial charge is 0.188 e. The summed E-state index contributed by atoms with van der Waals surface area (Å²) in [5.41, 5.74) is 8.46. The SMILES string of the molecule is CCC12c3ccccc3-c3c4ccccc4cc[n+]3C1(CC)C1C2c2ccc3ccccc3c2-c2cccc[n+]21. The number of aromatic nitrogens is 2. The number of rotatable bonds is 2. The first kappa shape index (κ1) is 22.5. The lowest BCUT2D eigenvalue weighted by atomic mass is 9.37. The summed E-state index contributed by atoms with van der Waals surface area (Å²) in [6, 6.07) is 41.5. The van der Waals surface area contributed by atoms with E-state index in [2.05, 4.69) is 145 Å². The third-order valence-corrected chi connectivity index (χ3v) is 10.9. The normalized spacial score (nSPS) is 25.1. The monoisotopic (exact) mass is 516 g/mol. The van der Waals surface area contributed by atoms with Crippen molar-refractivity contribution >= 4 is 21.5 Å². The standard InChI is InChI=1S/C38H32N2/c1-3-37-31-18-10-9-17-29(31)35-28-16-8-6-14-26(28)22-24-40(35)38(37,4-2)36-34(37)30-21-20-25-13-5-7-15-27(25)33(30)32-19-11-12-23-39(32)36/h5-24,34,36H,3-4H2,1-2H3/q+2. The molecule has 1 aliphatic carbocycles. The molecule has 1 fully saturated rings. The Bertz CT molecular complexity index is 2020. The quantitative estimate of drug-likeness (QED) is 0.206. The first-order chi connectivity index (χ1) is 19.8. The third kappa shape index (κ3) is 2.32. The van der Waals surface area contributed by atoms with Crippen LogP contribution in [0.4, 0.5) is 0 Å². The van der Waals surface area contributed by atoms with Crippen LogP contribution in [0.25, 0.3) is 44.1 Å². The van der Waals surface area contributed by atoms with Crippen molar-refractivity contribution in [2.45, 2.75) is 49.6 Å². The number of pyridine rings is 2. The Labute approximate surface area is 235 Å². The Hall–Kier alpha value is -4.30. The van der Waals surface area contributed by atoms with Crippen LogP contribution in [0.2, 0.25) is 0 Å². The van der Waals surface area contributed by atoms with E-state index < -0.39 is 0 Å². The molecule has 40 heavy (non-hydrogen) atoms. The van der Waals surface area contributed by atoms with Crippen LogP contribution < -0.4 is 9.13 Å². The van der Waals surface area contributed by atoms with Crippen molar-refractivity contribution in [2.75, 3.05) is 0 Å². The van der Waals surface area contributed by atoms with Crippen molar-refractivity contribution < 1.29 is 9.13 Å². The molecule has 4 heterocycles. The van der Waals surface area contributed by atoms with E-state index in [-0.39, 0.29) is 11.0 Å². The minimum Gasteiger partial charge on any atom is -0.188 e. The second-order valence-electron chi connectivity index (χ2n) is 11.9. The van der Waals surface area contributed by atoms with E-state index >= 15 is 0 Å². The maximum atomic E-state index is 2.72.